The zero-order valence-electron chi connectivity index (χ0n) is 17.5. The van der Waals surface area contributed by atoms with Crippen LogP contribution in [0.2, 0.25) is 0 Å². The molecule has 7 heteroatoms. The van der Waals surface area contributed by atoms with Gasteiger partial charge in [-0.1, -0.05) is 44.7 Å². The van der Waals surface area contributed by atoms with E-state index in [0.29, 0.717) is 12.2 Å². The van der Waals surface area contributed by atoms with Crippen LogP contribution in [-0.4, -0.2) is 50.0 Å². The number of rotatable bonds is 12. The van der Waals surface area contributed by atoms with Crippen molar-refractivity contribution >= 4 is 11.9 Å². The summed E-state index contributed by atoms with van der Waals surface area (Å²) in [6, 6.07) is 6.78. The van der Waals surface area contributed by atoms with Crippen molar-refractivity contribution in [1.29, 1.82) is 0 Å². The molecule has 1 atom stereocenters. The standard InChI is InChI=1S/C14H18O6.C7H17N/c1-14(19-3,13(17)18-2)8-10-4-6-11(7-5-10)20-9-12(15)16;1-2-3-4-5-6-7-8/h4-7H,8-9H2,1-3H3,(H,15,16);2-8H2,1H3. The quantitative estimate of drug-likeness (QED) is 0.412. The molecule has 1 unspecified atom stereocenters. The summed E-state index contributed by atoms with van der Waals surface area (Å²) in [4.78, 5) is 22.1. The maximum atomic E-state index is 11.7. The van der Waals surface area contributed by atoms with Crippen LogP contribution in [0.3, 0.4) is 0 Å². The highest BCUT2D eigenvalue weighted by Gasteiger charge is 2.34. The Hall–Kier alpha value is -2.12. The number of carbonyl (C=O) groups is 2. The van der Waals surface area contributed by atoms with E-state index in [9.17, 15) is 9.59 Å². The number of unbranched alkanes of at least 4 members (excludes halogenated alkanes) is 4. The fourth-order valence-electron chi connectivity index (χ4n) is 2.43. The van der Waals surface area contributed by atoms with Gasteiger partial charge in [0.2, 0.25) is 0 Å². The minimum absolute atomic E-state index is 0.343. The average Bonchev–Trinajstić information content (AvgIpc) is 2.70. The largest absolute Gasteiger partial charge is 0.482 e. The third-order valence-corrected chi connectivity index (χ3v) is 4.20. The third kappa shape index (κ3) is 10.9. The zero-order valence-corrected chi connectivity index (χ0v) is 17.5. The van der Waals surface area contributed by atoms with E-state index in [2.05, 4.69) is 6.92 Å². The molecule has 1 rings (SSSR count). The van der Waals surface area contributed by atoms with Gasteiger partial charge in [0.05, 0.1) is 7.11 Å². The third-order valence-electron chi connectivity index (χ3n) is 4.20. The first-order chi connectivity index (χ1) is 13.3. The van der Waals surface area contributed by atoms with E-state index in [0.717, 1.165) is 12.1 Å². The fourth-order valence-corrected chi connectivity index (χ4v) is 2.43. The summed E-state index contributed by atoms with van der Waals surface area (Å²) >= 11 is 0. The van der Waals surface area contributed by atoms with Crippen molar-refractivity contribution in [2.45, 2.75) is 58.0 Å². The van der Waals surface area contributed by atoms with E-state index in [4.69, 9.17) is 25.1 Å². The van der Waals surface area contributed by atoms with Gasteiger partial charge in [0.25, 0.3) is 0 Å². The molecule has 0 aliphatic heterocycles. The van der Waals surface area contributed by atoms with Crippen LogP contribution < -0.4 is 10.5 Å². The van der Waals surface area contributed by atoms with Gasteiger partial charge in [-0.15, -0.1) is 0 Å². The minimum atomic E-state index is -1.06. The number of carboxylic acids is 1. The van der Waals surface area contributed by atoms with Gasteiger partial charge in [0.15, 0.2) is 12.2 Å². The van der Waals surface area contributed by atoms with Crippen molar-refractivity contribution in [3.05, 3.63) is 29.8 Å². The minimum Gasteiger partial charge on any atom is -0.482 e. The van der Waals surface area contributed by atoms with Crippen LogP contribution in [0, 0.1) is 0 Å². The highest BCUT2D eigenvalue weighted by Crippen LogP contribution is 2.21. The molecule has 1 aromatic rings. The lowest BCUT2D eigenvalue weighted by molar-refractivity contribution is -0.163. The molecule has 0 fully saturated rings. The Bertz CT molecular complexity index is 555. The van der Waals surface area contributed by atoms with Crippen LogP contribution >= 0.6 is 0 Å². The van der Waals surface area contributed by atoms with E-state index in [1.54, 1.807) is 31.2 Å². The Balaban J connectivity index is 0.000000769. The lowest BCUT2D eigenvalue weighted by Gasteiger charge is -2.25. The van der Waals surface area contributed by atoms with E-state index in [1.807, 2.05) is 0 Å². The molecule has 3 N–H and O–H groups in total. The maximum Gasteiger partial charge on any atom is 0.341 e. The number of carboxylic acid groups (broad SMARTS) is 1. The highest BCUT2D eigenvalue weighted by atomic mass is 16.6. The van der Waals surface area contributed by atoms with Gasteiger partial charge in [-0.05, 0) is 37.6 Å². The molecule has 0 bridgehead atoms. The molecular weight excluding hydrogens is 362 g/mol. The fraction of sp³-hybridized carbons (Fsp3) is 0.619. The number of nitrogens with two attached hydrogens (primary N) is 1. The summed E-state index contributed by atoms with van der Waals surface area (Å²) < 4.78 is 15.0. The van der Waals surface area contributed by atoms with Gasteiger partial charge < -0.3 is 25.1 Å². The first-order valence-corrected chi connectivity index (χ1v) is 9.60. The van der Waals surface area contributed by atoms with Crippen LogP contribution in [0.1, 0.15) is 51.5 Å². The second-order valence-electron chi connectivity index (χ2n) is 6.63. The number of esters is 1. The first-order valence-electron chi connectivity index (χ1n) is 9.60. The molecule has 7 nitrogen and oxygen atoms in total. The predicted octanol–water partition coefficient (Wildman–Crippen LogP) is 3.19. The Morgan fingerprint density at radius 2 is 1.68 bits per heavy atom. The van der Waals surface area contributed by atoms with E-state index < -0.39 is 24.1 Å². The molecule has 0 heterocycles. The van der Waals surface area contributed by atoms with Crippen LogP contribution in [0.4, 0.5) is 0 Å². The Kier molecular flexibility index (Phi) is 13.8. The molecule has 0 amide bonds. The van der Waals surface area contributed by atoms with Crippen LogP contribution in [0.25, 0.3) is 0 Å². The Morgan fingerprint density at radius 3 is 2.14 bits per heavy atom. The molecule has 28 heavy (non-hydrogen) atoms. The van der Waals surface area contributed by atoms with E-state index >= 15 is 0 Å². The number of carbonyl (C=O) groups excluding carboxylic acids is 1. The van der Waals surface area contributed by atoms with Gasteiger partial charge in [-0.3, -0.25) is 0 Å². The number of ether oxygens (including phenoxy) is 3. The number of aliphatic carboxylic acids is 1. The van der Waals surface area contributed by atoms with Crippen LogP contribution in [0.15, 0.2) is 24.3 Å². The molecule has 0 radical (unpaired) electrons. The summed E-state index contributed by atoms with van der Waals surface area (Å²) in [5, 5.41) is 8.51. The molecule has 0 aliphatic rings. The first kappa shape index (κ1) is 25.9. The van der Waals surface area contributed by atoms with Crippen molar-refractivity contribution < 1.29 is 28.9 Å². The van der Waals surface area contributed by atoms with E-state index in [-0.39, 0.29) is 0 Å². The van der Waals surface area contributed by atoms with Crippen molar-refractivity contribution in [2.75, 3.05) is 27.4 Å². The SMILES string of the molecule is CCCCCCCN.COC(=O)C(C)(Cc1ccc(OCC(=O)O)cc1)OC. The lowest BCUT2D eigenvalue weighted by atomic mass is 9.96. The van der Waals surface area contributed by atoms with Gasteiger partial charge in [0, 0.05) is 13.5 Å². The average molecular weight is 398 g/mol. The molecular formula is C21H35NO6. The van der Waals surface area contributed by atoms with Gasteiger partial charge in [-0.25, -0.2) is 9.59 Å². The molecule has 0 aromatic heterocycles. The number of methoxy groups -OCH3 is 2. The predicted molar refractivity (Wildman–Crippen MR) is 109 cm³/mol. The van der Waals surface area contributed by atoms with Crippen molar-refractivity contribution in [3.63, 3.8) is 0 Å². The number of hydrogen-bond donors (Lipinski definition) is 2. The van der Waals surface area contributed by atoms with Crippen LogP contribution in [-0.2, 0) is 25.5 Å². The molecule has 0 saturated carbocycles. The van der Waals surface area contributed by atoms with Crippen LogP contribution in [0.5, 0.6) is 5.75 Å². The molecule has 160 valence electrons. The zero-order chi connectivity index (χ0) is 21.4. The van der Waals surface area contributed by atoms with Crippen molar-refractivity contribution in [3.8, 4) is 5.75 Å². The van der Waals surface area contributed by atoms with Gasteiger partial charge >= 0.3 is 11.9 Å². The molecule has 0 saturated heterocycles. The topological polar surface area (TPSA) is 108 Å². The summed E-state index contributed by atoms with van der Waals surface area (Å²) in [6.45, 7) is 4.34. The molecule has 1 aromatic carbocycles. The summed E-state index contributed by atoms with van der Waals surface area (Å²) in [5.41, 5.74) is 5.10. The second-order valence-corrected chi connectivity index (χ2v) is 6.63. The highest BCUT2D eigenvalue weighted by molar-refractivity contribution is 5.79. The van der Waals surface area contributed by atoms with Gasteiger partial charge in [-0.2, -0.15) is 0 Å². The number of hydrogen-bond acceptors (Lipinski definition) is 6. The Labute approximate surface area is 168 Å². The lowest BCUT2D eigenvalue weighted by Crippen LogP contribution is -2.40. The Morgan fingerprint density at radius 1 is 1.07 bits per heavy atom. The summed E-state index contributed by atoms with van der Waals surface area (Å²) in [6.07, 6.45) is 6.94. The van der Waals surface area contributed by atoms with Gasteiger partial charge in [0.1, 0.15) is 5.75 Å². The normalized spacial score (nSPS) is 12.3. The summed E-state index contributed by atoms with van der Waals surface area (Å²) in [7, 11) is 2.75. The molecule has 0 spiro atoms. The smallest absolute Gasteiger partial charge is 0.341 e. The van der Waals surface area contributed by atoms with Crippen molar-refractivity contribution in [2.24, 2.45) is 5.73 Å². The number of benzene rings is 1. The monoisotopic (exact) mass is 397 g/mol. The van der Waals surface area contributed by atoms with Crippen molar-refractivity contribution in [1.82, 2.24) is 0 Å². The van der Waals surface area contributed by atoms with E-state index in [1.165, 1.54) is 46.3 Å². The second kappa shape index (κ2) is 14.9. The maximum absolute atomic E-state index is 11.7. The summed E-state index contributed by atoms with van der Waals surface area (Å²) in [5.74, 6) is -1.04. The molecule has 0 aliphatic carbocycles.